The molecule has 0 spiro atoms. The van der Waals surface area contributed by atoms with Crippen LogP contribution >= 0.6 is 11.6 Å². The number of benzene rings is 3. The van der Waals surface area contributed by atoms with Crippen LogP contribution in [0.3, 0.4) is 0 Å². The lowest BCUT2D eigenvalue weighted by Crippen LogP contribution is -2.54. The Morgan fingerprint density at radius 1 is 1.00 bits per heavy atom. The van der Waals surface area contributed by atoms with Crippen molar-refractivity contribution in [2.24, 2.45) is 0 Å². The van der Waals surface area contributed by atoms with Crippen LogP contribution in [0.1, 0.15) is 23.6 Å². The van der Waals surface area contributed by atoms with Crippen LogP contribution in [0.15, 0.2) is 72.3 Å². The molecule has 0 aliphatic carbocycles. The highest BCUT2D eigenvalue weighted by atomic mass is 35.5. The van der Waals surface area contributed by atoms with Gasteiger partial charge >= 0.3 is 6.03 Å². The summed E-state index contributed by atoms with van der Waals surface area (Å²) in [6, 6.07) is 19.4. The zero-order chi connectivity index (χ0) is 25.7. The first-order valence-corrected chi connectivity index (χ1v) is 11.3. The van der Waals surface area contributed by atoms with Gasteiger partial charge in [-0.15, -0.1) is 0 Å². The largest absolute Gasteiger partial charge is 0.490 e. The van der Waals surface area contributed by atoms with Gasteiger partial charge in [-0.25, -0.2) is 9.69 Å². The number of amides is 4. The summed E-state index contributed by atoms with van der Waals surface area (Å²) in [5.74, 6) is -0.737. The van der Waals surface area contributed by atoms with E-state index in [1.54, 1.807) is 48.5 Å². The molecule has 0 atom stereocenters. The van der Waals surface area contributed by atoms with Gasteiger partial charge in [0.15, 0.2) is 11.5 Å². The number of rotatable bonds is 7. The van der Waals surface area contributed by atoms with Gasteiger partial charge in [-0.05, 0) is 61.0 Å². The first-order chi connectivity index (χ1) is 17.4. The minimum atomic E-state index is -0.846. The number of hydrogen-bond donors (Lipinski definition) is 1. The van der Waals surface area contributed by atoms with E-state index >= 15 is 0 Å². The number of hydrogen-bond acceptors (Lipinski definition) is 6. The molecule has 9 heteroatoms. The number of carbonyl (C=O) groups excluding carboxylic acids is 3. The van der Waals surface area contributed by atoms with E-state index in [1.807, 2.05) is 13.0 Å². The molecule has 1 N–H and O–H groups in total. The van der Waals surface area contributed by atoms with Gasteiger partial charge in [-0.3, -0.25) is 14.9 Å². The van der Waals surface area contributed by atoms with Crippen LogP contribution in [0, 0.1) is 11.3 Å². The third-order valence-electron chi connectivity index (χ3n) is 5.29. The van der Waals surface area contributed by atoms with Gasteiger partial charge in [-0.1, -0.05) is 35.9 Å². The molecule has 180 valence electrons. The summed E-state index contributed by atoms with van der Waals surface area (Å²) in [5.41, 5.74) is 1.79. The third-order valence-corrected chi connectivity index (χ3v) is 5.54. The lowest BCUT2D eigenvalue weighted by Gasteiger charge is -2.26. The monoisotopic (exact) mass is 501 g/mol. The van der Waals surface area contributed by atoms with Crippen molar-refractivity contribution in [1.29, 1.82) is 5.26 Å². The molecule has 36 heavy (non-hydrogen) atoms. The number of anilines is 1. The fourth-order valence-electron chi connectivity index (χ4n) is 3.56. The van der Waals surface area contributed by atoms with E-state index in [9.17, 15) is 19.6 Å². The fourth-order valence-corrected chi connectivity index (χ4v) is 3.69. The first kappa shape index (κ1) is 24.5. The Kier molecular flexibility index (Phi) is 7.33. The summed E-state index contributed by atoms with van der Waals surface area (Å²) in [7, 11) is 0. The molecule has 1 heterocycles. The molecule has 1 aliphatic heterocycles. The highest BCUT2D eigenvalue weighted by molar-refractivity contribution is 6.39. The average molecular weight is 502 g/mol. The van der Waals surface area contributed by atoms with Crippen LogP contribution in [-0.4, -0.2) is 24.5 Å². The maximum Gasteiger partial charge on any atom is 0.335 e. The maximum absolute atomic E-state index is 13.1. The third kappa shape index (κ3) is 5.22. The van der Waals surface area contributed by atoms with Gasteiger partial charge in [0, 0.05) is 10.6 Å². The normalized spacial score (nSPS) is 14.4. The number of halogens is 1. The maximum atomic E-state index is 13.1. The second kappa shape index (κ2) is 10.8. The summed E-state index contributed by atoms with van der Waals surface area (Å²) in [4.78, 5) is 38.8. The van der Waals surface area contributed by atoms with Crippen molar-refractivity contribution in [2.75, 3.05) is 11.5 Å². The Balaban J connectivity index is 1.62. The first-order valence-electron chi connectivity index (χ1n) is 11.0. The molecule has 1 fully saturated rings. The smallest absolute Gasteiger partial charge is 0.335 e. The van der Waals surface area contributed by atoms with Crippen LogP contribution in [0.5, 0.6) is 11.5 Å². The molecule has 4 rings (SSSR count). The molecule has 0 radical (unpaired) electrons. The second-order valence-electron chi connectivity index (χ2n) is 7.63. The number of urea groups is 1. The molecular weight excluding hydrogens is 482 g/mol. The number of carbonyl (C=O) groups is 3. The van der Waals surface area contributed by atoms with Crippen LogP contribution in [-0.2, 0) is 16.2 Å². The van der Waals surface area contributed by atoms with E-state index in [1.165, 1.54) is 18.2 Å². The van der Waals surface area contributed by atoms with E-state index in [0.29, 0.717) is 34.3 Å². The number of nitrogens with zero attached hydrogens (tertiary/aromatic N) is 2. The molecular formula is C27H20ClN3O5. The zero-order valence-corrected chi connectivity index (χ0v) is 19.9. The van der Waals surface area contributed by atoms with Crippen molar-refractivity contribution in [3.63, 3.8) is 0 Å². The Morgan fingerprint density at radius 2 is 1.75 bits per heavy atom. The highest BCUT2D eigenvalue weighted by Crippen LogP contribution is 2.31. The molecule has 1 saturated heterocycles. The topological polar surface area (TPSA) is 109 Å². The van der Waals surface area contributed by atoms with E-state index in [4.69, 9.17) is 21.1 Å². The standard InChI is InChI=1S/C27H20ClN3O5/c1-2-35-24-14-17(7-12-23(24)36-16-19-6-4-3-5-18(19)15-29)13-22-25(32)30-27(34)31(26(22)33)21-10-8-20(28)9-11-21/h3-14H,2,16H2,1H3,(H,30,32,34)/b22-13-. The van der Waals surface area contributed by atoms with Gasteiger partial charge < -0.3 is 9.47 Å². The van der Waals surface area contributed by atoms with Crippen molar-refractivity contribution < 1.29 is 23.9 Å². The summed E-state index contributed by atoms with van der Waals surface area (Å²) < 4.78 is 11.6. The van der Waals surface area contributed by atoms with Gasteiger partial charge in [0.25, 0.3) is 11.8 Å². The molecule has 0 aromatic heterocycles. The Labute approximate surface area is 212 Å². The number of barbiturate groups is 1. The molecule has 3 aromatic rings. The van der Waals surface area contributed by atoms with E-state index in [2.05, 4.69) is 11.4 Å². The Bertz CT molecular complexity index is 1410. The summed E-state index contributed by atoms with van der Waals surface area (Å²) in [6.45, 7) is 2.32. The molecule has 1 aliphatic rings. The highest BCUT2D eigenvalue weighted by Gasteiger charge is 2.36. The molecule has 3 aromatic carbocycles. The van der Waals surface area contributed by atoms with Crippen molar-refractivity contribution in [3.8, 4) is 17.6 Å². The van der Waals surface area contributed by atoms with Gasteiger partial charge in [0.2, 0.25) is 0 Å². The summed E-state index contributed by atoms with van der Waals surface area (Å²) in [5, 5.41) is 11.9. The molecule has 0 unspecified atom stereocenters. The molecule has 8 nitrogen and oxygen atoms in total. The zero-order valence-electron chi connectivity index (χ0n) is 19.2. The number of imide groups is 2. The second-order valence-corrected chi connectivity index (χ2v) is 8.07. The van der Waals surface area contributed by atoms with Crippen LogP contribution in [0.2, 0.25) is 5.02 Å². The van der Waals surface area contributed by atoms with Gasteiger partial charge in [0.1, 0.15) is 12.2 Å². The Hall–Kier alpha value is -4.61. The molecule has 4 amide bonds. The fraction of sp³-hybridized carbons (Fsp3) is 0.111. The lowest BCUT2D eigenvalue weighted by molar-refractivity contribution is -0.122. The lowest BCUT2D eigenvalue weighted by atomic mass is 10.1. The minimum absolute atomic E-state index is 0.156. The average Bonchev–Trinajstić information content (AvgIpc) is 2.87. The predicted molar refractivity (Wildman–Crippen MR) is 134 cm³/mol. The quantitative estimate of drug-likeness (QED) is 0.366. The van der Waals surface area contributed by atoms with Crippen molar-refractivity contribution in [1.82, 2.24) is 5.32 Å². The predicted octanol–water partition coefficient (Wildman–Crippen LogP) is 4.86. The summed E-state index contributed by atoms with van der Waals surface area (Å²) >= 11 is 5.90. The van der Waals surface area contributed by atoms with Crippen molar-refractivity contribution >= 4 is 41.2 Å². The van der Waals surface area contributed by atoms with Crippen molar-refractivity contribution in [2.45, 2.75) is 13.5 Å². The number of ether oxygens (including phenoxy) is 2. The van der Waals surface area contributed by atoms with Crippen LogP contribution < -0.4 is 19.7 Å². The SMILES string of the molecule is CCOc1cc(/C=C2/C(=O)NC(=O)N(c3ccc(Cl)cc3)C2=O)ccc1OCc1ccccc1C#N. The van der Waals surface area contributed by atoms with Crippen LogP contribution in [0.4, 0.5) is 10.5 Å². The Morgan fingerprint density at radius 3 is 2.47 bits per heavy atom. The number of nitriles is 1. The molecule has 0 bridgehead atoms. The van der Waals surface area contributed by atoms with E-state index < -0.39 is 17.8 Å². The molecule has 0 saturated carbocycles. The van der Waals surface area contributed by atoms with E-state index in [-0.39, 0.29) is 17.9 Å². The number of nitrogens with one attached hydrogen (secondary N) is 1. The van der Waals surface area contributed by atoms with Crippen LogP contribution in [0.25, 0.3) is 6.08 Å². The van der Waals surface area contributed by atoms with Gasteiger partial charge in [0.05, 0.1) is 23.9 Å². The minimum Gasteiger partial charge on any atom is -0.490 e. The van der Waals surface area contributed by atoms with E-state index in [0.717, 1.165) is 10.5 Å². The van der Waals surface area contributed by atoms with Crippen molar-refractivity contribution in [3.05, 3.63) is 94.0 Å². The summed E-state index contributed by atoms with van der Waals surface area (Å²) in [6.07, 6.45) is 1.38. The van der Waals surface area contributed by atoms with Gasteiger partial charge in [-0.2, -0.15) is 5.26 Å².